The normalized spacial score (nSPS) is 22.7. The Hall–Kier alpha value is -2.42. The van der Waals surface area contributed by atoms with Gasteiger partial charge in [-0.05, 0) is 57.0 Å². The average Bonchev–Trinajstić information content (AvgIpc) is 3.43. The first-order valence-corrected chi connectivity index (χ1v) is 16.3. The van der Waals surface area contributed by atoms with Crippen LogP contribution in [0.5, 0.6) is 5.75 Å². The van der Waals surface area contributed by atoms with Gasteiger partial charge in [-0.2, -0.15) is 8.61 Å². The van der Waals surface area contributed by atoms with E-state index in [9.17, 15) is 21.9 Å². The summed E-state index contributed by atoms with van der Waals surface area (Å²) in [6.45, 7) is 5.10. The number of aliphatic hydroxyl groups is 1. The minimum atomic E-state index is -3.99. The summed E-state index contributed by atoms with van der Waals surface area (Å²) in [6, 6.07) is 10.8. The molecule has 1 saturated carbocycles. The minimum Gasteiger partial charge on any atom is -0.487 e. The van der Waals surface area contributed by atoms with E-state index >= 15 is 0 Å². The van der Waals surface area contributed by atoms with E-state index in [4.69, 9.17) is 4.74 Å². The molecule has 2 aliphatic rings. The van der Waals surface area contributed by atoms with E-state index < -0.39 is 32.2 Å². The Labute approximate surface area is 233 Å². The number of aryl methyl sites for hydroxylation is 1. The highest BCUT2D eigenvalue weighted by molar-refractivity contribution is 7.89. The van der Waals surface area contributed by atoms with Gasteiger partial charge in [-0.1, -0.05) is 49.3 Å². The van der Waals surface area contributed by atoms with E-state index in [1.807, 2.05) is 13.8 Å². The maximum absolute atomic E-state index is 13.7. The Morgan fingerprint density at radius 1 is 1.15 bits per heavy atom. The van der Waals surface area contributed by atoms with Gasteiger partial charge in [0.05, 0.1) is 18.0 Å². The zero-order valence-corrected chi connectivity index (χ0v) is 24.6. The summed E-state index contributed by atoms with van der Waals surface area (Å²) in [6.07, 6.45) is 3.82. The van der Waals surface area contributed by atoms with Crippen molar-refractivity contribution in [1.82, 2.24) is 8.61 Å². The molecule has 0 radical (unpaired) electrons. The number of benzene rings is 2. The minimum absolute atomic E-state index is 0.0101. The van der Waals surface area contributed by atoms with E-state index in [0.29, 0.717) is 11.5 Å². The first kappa shape index (κ1) is 29.6. The SMILES string of the molecule is Cc1ccc(S(=O)(=O)N(C)C[C@@H]2Oc3cc(C#CC4CCCC4)ccc3S(=O)(=O)N([C@@H](C)CO)C[C@H]2C)cc1. The first-order chi connectivity index (χ1) is 18.4. The van der Waals surface area contributed by atoms with Crippen LogP contribution in [0.2, 0.25) is 0 Å². The molecule has 212 valence electrons. The van der Waals surface area contributed by atoms with Crippen LogP contribution in [-0.4, -0.2) is 69.4 Å². The molecule has 1 aliphatic heterocycles. The Balaban J connectivity index is 1.71. The van der Waals surface area contributed by atoms with Crippen molar-refractivity contribution in [1.29, 1.82) is 0 Å². The fourth-order valence-corrected chi connectivity index (χ4v) is 8.03. The smallest absolute Gasteiger partial charge is 0.247 e. The number of fused-ring (bicyclic) bond motifs is 1. The van der Waals surface area contributed by atoms with Crippen molar-refractivity contribution in [3.05, 3.63) is 53.6 Å². The monoisotopic (exact) mass is 574 g/mol. The Morgan fingerprint density at radius 3 is 2.46 bits per heavy atom. The van der Waals surface area contributed by atoms with Gasteiger partial charge in [-0.15, -0.1) is 0 Å². The standard InChI is InChI=1S/C29H38N2O6S2/c1-21-9-14-26(15-10-21)38(33,34)30(4)19-28-22(2)18-31(23(3)20-32)39(35,36)29-16-13-25(17-27(29)37-28)12-11-24-7-5-6-8-24/h9-10,13-17,22-24,28,32H,5-8,18-20H2,1-4H3/t22-,23+,28+/m1/s1. The molecule has 39 heavy (non-hydrogen) atoms. The molecule has 0 unspecified atom stereocenters. The van der Waals surface area contributed by atoms with Gasteiger partial charge < -0.3 is 9.84 Å². The largest absolute Gasteiger partial charge is 0.487 e. The lowest BCUT2D eigenvalue weighted by molar-refractivity contribution is 0.0904. The lowest BCUT2D eigenvalue weighted by atomic mass is 10.0. The highest BCUT2D eigenvalue weighted by atomic mass is 32.2. The second kappa shape index (κ2) is 12.0. The van der Waals surface area contributed by atoms with Crippen LogP contribution < -0.4 is 4.74 Å². The lowest BCUT2D eigenvalue weighted by Gasteiger charge is -2.37. The highest BCUT2D eigenvalue weighted by Crippen LogP contribution is 2.34. The van der Waals surface area contributed by atoms with Crippen molar-refractivity contribution in [2.24, 2.45) is 11.8 Å². The molecule has 10 heteroatoms. The van der Waals surface area contributed by atoms with Crippen LogP contribution in [0.15, 0.2) is 52.3 Å². The molecular formula is C29H38N2O6S2. The number of rotatable bonds is 6. The Morgan fingerprint density at radius 2 is 1.82 bits per heavy atom. The number of ether oxygens (including phenoxy) is 1. The van der Waals surface area contributed by atoms with Gasteiger partial charge >= 0.3 is 0 Å². The third-order valence-corrected chi connectivity index (χ3v) is 11.5. The quantitative estimate of drug-likeness (QED) is 0.529. The van der Waals surface area contributed by atoms with Crippen LogP contribution in [0.1, 0.15) is 50.7 Å². The summed E-state index contributed by atoms with van der Waals surface area (Å²) in [7, 11) is -6.30. The van der Waals surface area contributed by atoms with Gasteiger partial charge in [0.2, 0.25) is 20.0 Å². The van der Waals surface area contributed by atoms with Gasteiger partial charge in [0.1, 0.15) is 16.7 Å². The van der Waals surface area contributed by atoms with Gasteiger partial charge in [-0.25, -0.2) is 16.8 Å². The first-order valence-electron chi connectivity index (χ1n) is 13.4. The van der Waals surface area contributed by atoms with E-state index in [0.717, 1.165) is 18.4 Å². The lowest BCUT2D eigenvalue weighted by Crippen LogP contribution is -2.50. The number of nitrogens with zero attached hydrogens (tertiary/aromatic N) is 2. The second-order valence-corrected chi connectivity index (χ2v) is 14.7. The van der Waals surface area contributed by atoms with Crippen molar-refractivity contribution in [2.45, 2.75) is 68.4 Å². The number of sulfonamides is 2. The van der Waals surface area contributed by atoms with E-state index in [-0.39, 0.29) is 41.2 Å². The molecule has 8 nitrogen and oxygen atoms in total. The summed E-state index contributed by atoms with van der Waals surface area (Å²) >= 11 is 0. The van der Waals surface area contributed by atoms with Crippen LogP contribution >= 0.6 is 0 Å². The van der Waals surface area contributed by atoms with Gasteiger partial charge in [0, 0.05) is 37.0 Å². The third kappa shape index (κ3) is 6.50. The van der Waals surface area contributed by atoms with Crippen LogP contribution in [-0.2, 0) is 20.0 Å². The Kier molecular flexibility index (Phi) is 9.08. The van der Waals surface area contributed by atoms with Crippen molar-refractivity contribution in [3.8, 4) is 17.6 Å². The molecule has 4 rings (SSSR count). The number of aliphatic hydroxyl groups excluding tert-OH is 1. The predicted molar refractivity (Wildman–Crippen MR) is 150 cm³/mol. The second-order valence-electron chi connectivity index (χ2n) is 10.8. The molecule has 1 fully saturated rings. The zero-order chi connectivity index (χ0) is 28.4. The maximum atomic E-state index is 13.7. The molecule has 0 bridgehead atoms. The van der Waals surface area contributed by atoms with Crippen molar-refractivity contribution in [2.75, 3.05) is 26.7 Å². The molecule has 1 heterocycles. The zero-order valence-electron chi connectivity index (χ0n) is 23.0. The third-order valence-electron chi connectivity index (χ3n) is 7.61. The number of hydrogen-bond acceptors (Lipinski definition) is 6. The summed E-state index contributed by atoms with van der Waals surface area (Å²) in [4.78, 5) is 0.159. The highest BCUT2D eigenvalue weighted by Gasteiger charge is 2.39. The predicted octanol–water partition coefficient (Wildman–Crippen LogP) is 3.63. The summed E-state index contributed by atoms with van der Waals surface area (Å²) in [5, 5.41) is 9.85. The number of hydrogen-bond donors (Lipinski definition) is 1. The van der Waals surface area contributed by atoms with E-state index in [2.05, 4.69) is 11.8 Å². The molecule has 2 aromatic rings. The summed E-state index contributed by atoms with van der Waals surface area (Å²) in [5.41, 5.74) is 1.60. The average molecular weight is 575 g/mol. The van der Waals surface area contributed by atoms with Gasteiger partial charge in [0.25, 0.3) is 0 Å². The Bertz CT molecular complexity index is 1440. The molecule has 1 N–H and O–H groups in total. The maximum Gasteiger partial charge on any atom is 0.247 e. The molecule has 0 amide bonds. The van der Waals surface area contributed by atoms with E-state index in [1.54, 1.807) is 43.3 Å². The summed E-state index contributed by atoms with van der Waals surface area (Å²) < 4.78 is 62.9. The van der Waals surface area contributed by atoms with Gasteiger partial charge in [-0.3, -0.25) is 0 Å². The molecule has 0 aromatic heterocycles. The topological polar surface area (TPSA) is 104 Å². The van der Waals surface area contributed by atoms with Crippen molar-refractivity contribution < 1.29 is 26.7 Å². The summed E-state index contributed by atoms with van der Waals surface area (Å²) in [5.74, 6) is 6.57. The number of likely N-dealkylation sites (N-methyl/N-ethyl adjacent to an activating group) is 1. The molecular weight excluding hydrogens is 536 g/mol. The van der Waals surface area contributed by atoms with Gasteiger partial charge in [0.15, 0.2) is 0 Å². The molecule has 2 aromatic carbocycles. The van der Waals surface area contributed by atoms with Crippen LogP contribution in [0.3, 0.4) is 0 Å². The molecule has 0 saturated heterocycles. The fraction of sp³-hybridized carbons (Fsp3) is 0.517. The molecule has 1 aliphatic carbocycles. The molecule has 3 atom stereocenters. The van der Waals surface area contributed by atoms with Crippen LogP contribution in [0.4, 0.5) is 0 Å². The van der Waals surface area contributed by atoms with Crippen LogP contribution in [0, 0.1) is 30.6 Å². The molecule has 0 spiro atoms. The van der Waals surface area contributed by atoms with Crippen molar-refractivity contribution in [3.63, 3.8) is 0 Å². The van der Waals surface area contributed by atoms with Crippen molar-refractivity contribution >= 4 is 20.0 Å². The van der Waals surface area contributed by atoms with E-state index in [1.165, 1.54) is 34.6 Å². The fourth-order valence-electron chi connectivity index (χ4n) is 5.02. The van der Waals surface area contributed by atoms with Crippen LogP contribution in [0.25, 0.3) is 0 Å².